The molecule has 0 aliphatic heterocycles. The molecule has 18 heavy (non-hydrogen) atoms. The Balaban J connectivity index is 3.01. The summed E-state index contributed by atoms with van der Waals surface area (Å²) in [6.07, 6.45) is 0. The Kier molecular flexibility index (Phi) is 4.78. The lowest BCUT2D eigenvalue weighted by Crippen LogP contribution is -2.19. The van der Waals surface area contributed by atoms with Crippen LogP contribution >= 0.6 is 0 Å². The van der Waals surface area contributed by atoms with Crippen molar-refractivity contribution in [3.8, 4) is 5.75 Å². The Morgan fingerprint density at radius 3 is 2.72 bits per heavy atom. The van der Waals surface area contributed by atoms with Crippen LogP contribution in [-0.2, 0) is 0 Å². The monoisotopic (exact) mass is 262 g/mol. The third-order valence-corrected chi connectivity index (χ3v) is 2.06. The number of benzene rings is 1. The van der Waals surface area contributed by atoms with Crippen molar-refractivity contribution in [3.63, 3.8) is 0 Å². The van der Waals surface area contributed by atoms with Gasteiger partial charge in [0, 0.05) is 23.9 Å². The van der Waals surface area contributed by atoms with Crippen LogP contribution in [0.2, 0.25) is 0 Å². The Hall–Kier alpha value is -1.96. The van der Waals surface area contributed by atoms with Gasteiger partial charge in [0.05, 0.1) is 11.5 Å². The average Bonchev–Trinajstić information content (AvgIpc) is 2.27. The van der Waals surface area contributed by atoms with E-state index in [1.54, 1.807) is 6.92 Å². The molecule has 1 aromatic rings. The summed E-state index contributed by atoms with van der Waals surface area (Å²) < 4.78 is 28.3. The van der Waals surface area contributed by atoms with Crippen LogP contribution in [0.4, 0.5) is 20.2 Å². The standard InChI is InChI=1S/C10H12F2N2O4/c1-6(5-15)13-7-2-3-8(14(16)17)9(4-7)18-10(11)12/h2-4,6,10,13,15H,5H2,1H3/t6-/m0/s1. The van der Waals surface area contributed by atoms with Gasteiger partial charge in [-0.1, -0.05) is 0 Å². The molecule has 100 valence electrons. The van der Waals surface area contributed by atoms with E-state index < -0.39 is 23.0 Å². The second-order valence-electron chi connectivity index (χ2n) is 3.55. The number of aliphatic hydroxyl groups is 1. The summed E-state index contributed by atoms with van der Waals surface area (Å²) in [7, 11) is 0. The molecule has 0 aliphatic carbocycles. The van der Waals surface area contributed by atoms with Gasteiger partial charge in [-0.25, -0.2) is 0 Å². The Morgan fingerprint density at radius 2 is 2.22 bits per heavy atom. The maximum atomic E-state index is 12.1. The summed E-state index contributed by atoms with van der Waals surface area (Å²) in [5.41, 5.74) is -0.199. The SMILES string of the molecule is C[C@@H](CO)Nc1ccc([N+](=O)[O-])c(OC(F)F)c1. The van der Waals surface area contributed by atoms with Crippen LogP contribution in [0.3, 0.4) is 0 Å². The fourth-order valence-electron chi connectivity index (χ4n) is 1.28. The molecular weight excluding hydrogens is 250 g/mol. The summed E-state index contributed by atoms with van der Waals surface area (Å²) in [5, 5.41) is 22.2. The molecule has 6 nitrogen and oxygen atoms in total. The molecule has 0 bridgehead atoms. The lowest BCUT2D eigenvalue weighted by atomic mass is 10.2. The number of nitrogens with one attached hydrogen (secondary N) is 1. The lowest BCUT2D eigenvalue weighted by Gasteiger charge is -2.13. The molecule has 1 aromatic carbocycles. The zero-order valence-corrected chi connectivity index (χ0v) is 9.47. The minimum atomic E-state index is -3.14. The fraction of sp³-hybridized carbons (Fsp3) is 0.400. The molecule has 1 rings (SSSR count). The second kappa shape index (κ2) is 6.10. The first-order chi connectivity index (χ1) is 8.43. The van der Waals surface area contributed by atoms with Gasteiger partial charge in [0.15, 0.2) is 0 Å². The first-order valence-corrected chi connectivity index (χ1v) is 5.04. The van der Waals surface area contributed by atoms with Gasteiger partial charge in [-0.2, -0.15) is 8.78 Å². The highest BCUT2D eigenvalue weighted by Gasteiger charge is 2.19. The minimum Gasteiger partial charge on any atom is -0.427 e. The van der Waals surface area contributed by atoms with Crippen LogP contribution in [0.15, 0.2) is 18.2 Å². The number of aliphatic hydroxyl groups excluding tert-OH is 1. The maximum absolute atomic E-state index is 12.1. The third-order valence-electron chi connectivity index (χ3n) is 2.06. The van der Waals surface area contributed by atoms with Gasteiger partial charge in [0.25, 0.3) is 0 Å². The third kappa shape index (κ3) is 3.81. The van der Waals surface area contributed by atoms with Crippen LogP contribution in [0.1, 0.15) is 6.92 Å². The zero-order valence-electron chi connectivity index (χ0n) is 9.47. The summed E-state index contributed by atoms with van der Waals surface area (Å²) in [6, 6.07) is 3.19. The summed E-state index contributed by atoms with van der Waals surface area (Å²) in [5.74, 6) is -0.523. The van der Waals surface area contributed by atoms with E-state index in [4.69, 9.17) is 5.11 Å². The number of anilines is 1. The molecule has 1 atom stereocenters. The number of nitrogens with zero attached hydrogens (tertiary/aromatic N) is 1. The average molecular weight is 262 g/mol. The summed E-state index contributed by atoms with van der Waals surface area (Å²) in [4.78, 5) is 9.80. The molecule has 0 aromatic heterocycles. The quantitative estimate of drug-likeness (QED) is 0.605. The molecule has 0 fully saturated rings. The maximum Gasteiger partial charge on any atom is 0.387 e. The first kappa shape index (κ1) is 14.1. The van der Waals surface area contributed by atoms with Crippen molar-refractivity contribution in [1.82, 2.24) is 0 Å². The van der Waals surface area contributed by atoms with Gasteiger partial charge in [-0.3, -0.25) is 10.1 Å². The summed E-state index contributed by atoms with van der Waals surface area (Å²) >= 11 is 0. The molecule has 0 unspecified atom stereocenters. The molecule has 0 saturated heterocycles. The van der Waals surface area contributed by atoms with Crippen molar-refractivity contribution >= 4 is 11.4 Å². The largest absolute Gasteiger partial charge is 0.427 e. The van der Waals surface area contributed by atoms with E-state index >= 15 is 0 Å². The second-order valence-corrected chi connectivity index (χ2v) is 3.55. The number of halogens is 2. The normalized spacial score (nSPS) is 12.3. The van der Waals surface area contributed by atoms with Crippen LogP contribution in [0.5, 0.6) is 5.75 Å². The van der Waals surface area contributed by atoms with E-state index in [1.807, 2.05) is 0 Å². The van der Waals surface area contributed by atoms with Gasteiger partial charge >= 0.3 is 12.3 Å². The van der Waals surface area contributed by atoms with Crippen molar-refractivity contribution in [2.75, 3.05) is 11.9 Å². The molecule has 0 heterocycles. The van der Waals surface area contributed by atoms with Crippen molar-refractivity contribution in [3.05, 3.63) is 28.3 Å². The topological polar surface area (TPSA) is 84.6 Å². The Morgan fingerprint density at radius 1 is 1.56 bits per heavy atom. The highest BCUT2D eigenvalue weighted by atomic mass is 19.3. The minimum absolute atomic E-state index is 0.165. The molecule has 0 aliphatic rings. The van der Waals surface area contributed by atoms with E-state index in [1.165, 1.54) is 6.07 Å². The fourth-order valence-corrected chi connectivity index (χ4v) is 1.28. The summed E-state index contributed by atoms with van der Waals surface area (Å²) in [6.45, 7) is -1.65. The number of alkyl halides is 2. The predicted molar refractivity (Wildman–Crippen MR) is 59.9 cm³/mol. The number of ether oxygens (including phenoxy) is 1. The van der Waals surface area contributed by atoms with E-state index in [9.17, 15) is 18.9 Å². The van der Waals surface area contributed by atoms with Crippen molar-refractivity contribution in [2.24, 2.45) is 0 Å². The molecule has 0 radical (unpaired) electrons. The van der Waals surface area contributed by atoms with Crippen LogP contribution < -0.4 is 10.1 Å². The van der Waals surface area contributed by atoms with Crippen LogP contribution in [0.25, 0.3) is 0 Å². The van der Waals surface area contributed by atoms with E-state index in [2.05, 4.69) is 10.1 Å². The Labute approximate surface area is 101 Å². The van der Waals surface area contributed by atoms with Crippen molar-refractivity contribution < 1.29 is 23.5 Å². The van der Waals surface area contributed by atoms with Gasteiger partial charge in [-0.05, 0) is 13.0 Å². The smallest absolute Gasteiger partial charge is 0.387 e. The van der Waals surface area contributed by atoms with Gasteiger partial charge in [-0.15, -0.1) is 0 Å². The van der Waals surface area contributed by atoms with Crippen molar-refractivity contribution in [2.45, 2.75) is 19.6 Å². The highest BCUT2D eigenvalue weighted by Crippen LogP contribution is 2.31. The lowest BCUT2D eigenvalue weighted by molar-refractivity contribution is -0.386. The number of nitro benzene ring substituents is 1. The zero-order chi connectivity index (χ0) is 13.7. The van der Waals surface area contributed by atoms with Gasteiger partial charge in [0.1, 0.15) is 0 Å². The van der Waals surface area contributed by atoms with E-state index in [-0.39, 0.29) is 12.6 Å². The van der Waals surface area contributed by atoms with Crippen LogP contribution in [-0.4, -0.2) is 29.3 Å². The molecule has 2 N–H and O–H groups in total. The highest BCUT2D eigenvalue weighted by molar-refractivity contribution is 5.58. The van der Waals surface area contributed by atoms with E-state index in [0.29, 0.717) is 5.69 Å². The number of hydrogen-bond acceptors (Lipinski definition) is 5. The molecule has 0 spiro atoms. The predicted octanol–water partition coefficient (Wildman–Crippen LogP) is 1.99. The number of hydrogen-bond donors (Lipinski definition) is 2. The molecule has 0 amide bonds. The van der Waals surface area contributed by atoms with Gasteiger partial charge < -0.3 is 15.2 Å². The number of nitro groups is 1. The van der Waals surface area contributed by atoms with E-state index in [0.717, 1.165) is 12.1 Å². The van der Waals surface area contributed by atoms with Gasteiger partial charge in [0.2, 0.25) is 5.75 Å². The van der Waals surface area contributed by atoms with Crippen molar-refractivity contribution in [1.29, 1.82) is 0 Å². The molecular formula is C10H12F2N2O4. The Bertz CT molecular complexity index is 428. The van der Waals surface area contributed by atoms with Crippen LogP contribution in [0, 0.1) is 10.1 Å². The number of rotatable bonds is 6. The first-order valence-electron chi connectivity index (χ1n) is 5.04. The molecule has 0 saturated carbocycles. The molecule has 8 heteroatoms.